The molecule has 160 valence electrons. The standard InChI is InChI=1S/C18H28N2O4S2.C2H6/c1-6-10-15(5)18(20-26(22,23)13-7-2)19-11-12-24-17(21)14-16(8-3)25-9-4;1-2/h6-10,15H,2,4,11-14H2,1,3,5H3,(H,19,20);1-2H3/b10-6-,16-8-;. The topological polar surface area (TPSA) is 84.8 Å². The van der Waals surface area contributed by atoms with Crippen LogP contribution in [0.2, 0.25) is 0 Å². The second-order valence-electron chi connectivity index (χ2n) is 5.19. The smallest absolute Gasteiger partial charge is 0.310 e. The lowest BCUT2D eigenvalue weighted by atomic mass is 10.1. The number of hydrogen-bond donors (Lipinski definition) is 1. The van der Waals surface area contributed by atoms with Gasteiger partial charge in [0, 0.05) is 5.92 Å². The van der Waals surface area contributed by atoms with E-state index in [-0.39, 0.29) is 37.2 Å². The first-order chi connectivity index (χ1) is 13.3. The molecule has 1 N–H and O–H groups in total. The molecule has 0 aromatic rings. The normalized spacial score (nSPS) is 13.3. The molecule has 0 amide bonds. The third-order valence-corrected chi connectivity index (χ3v) is 5.07. The molecule has 0 saturated carbocycles. The summed E-state index contributed by atoms with van der Waals surface area (Å²) in [7, 11) is -3.53. The molecule has 0 heterocycles. The number of aliphatic imine (C=N–C) groups is 1. The van der Waals surface area contributed by atoms with Crippen molar-refractivity contribution in [1.29, 1.82) is 0 Å². The SMILES string of the molecule is C=CCS(=O)(=O)NC(=NCCOC(=O)C/C(=C/C)SC=C)C(C)/C=C\C.CC. The monoisotopic (exact) mass is 430 g/mol. The van der Waals surface area contributed by atoms with E-state index in [9.17, 15) is 13.2 Å². The molecule has 0 aliphatic heterocycles. The number of hydrogen-bond acceptors (Lipinski definition) is 6. The van der Waals surface area contributed by atoms with E-state index >= 15 is 0 Å². The lowest BCUT2D eigenvalue weighted by Gasteiger charge is -2.14. The number of carbonyl (C=O) groups is 1. The number of sulfonamides is 1. The lowest BCUT2D eigenvalue weighted by molar-refractivity contribution is -0.142. The largest absolute Gasteiger partial charge is 0.463 e. The molecule has 6 nitrogen and oxygen atoms in total. The Kier molecular flexibility index (Phi) is 17.6. The first-order valence-electron chi connectivity index (χ1n) is 9.16. The number of nitrogens with one attached hydrogen (secondary N) is 1. The van der Waals surface area contributed by atoms with Crippen LogP contribution in [0.15, 0.2) is 52.8 Å². The van der Waals surface area contributed by atoms with Gasteiger partial charge in [-0.2, -0.15) is 0 Å². The summed E-state index contributed by atoms with van der Waals surface area (Å²) in [5.41, 5.74) is 0. The van der Waals surface area contributed by atoms with Gasteiger partial charge in [0.25, 0.3) is 0 Å². The molecule has 0 rings (SSSR count). The van der Waals surface area contributed by atoms with Crippen molar-refractivity contribution in [2.45, 2.75) is 41.0 Å². The van der Waals surface area contributed by atoms with Crippen molar-refractivity contribution in [2.75, 3.05) is 18.9 Å². The first kappa shape index (κ1) is 28.4. The summed E-state index contributed by atoms with van der Waals surface area (Å²) < 4.78 is 31.4. The second-order valence-corrected chi connectivity index (χ2v) is 8.05. The summed E-state index contributed by atoms with van der Waals surface area (Å²) >= 11 is 1.37. The zero-order valence-electron chi connectivity index (χ0n) is 17.6. The van der Waals surface area contributed by atoms with Crippen molar-refractivity contribution in [1.82, 2.24) is 4.72 Å². The van der Waals surface area contributed by atoms with Crippen LogP contribution in [0.5, 0.6) is 0 Å². The average molecular weight is 431 g/mol. The molecule has 1 atom stereocenters. The summed E-state index contributed by atoms with van der Waals surface area (Å²) in [5.74, 6) is -0.472. The number of allylic oxidation sites excluding steroid dienone is 2. The summed E-state index contributed by atoms with van der Waals surface area (Å²) in [6.45, 7) is 16.8. The Morgan fingerprint density at radius 2 is 1.93 bits per heavy atom. The third-order valence-electron chi connectivity index (χ3n) is 3.02. The van der Waals surface area contributed by atoms with E-state index in [2.05, 4.69) is 22.9 Å². The molecular weight excluding hydrogens is 396 g/mol. The van der Waals surface area contributed by atoms with Gasteiger partial charge in [-0.25, -0.2) is 8.42 Å². The highest BCUT2D eigenvalue weighted by Crippen LogP contribution is 2.20. The fourth-order valence-electron chi connectivity index (χ4n) is 1.84. The molecule has 0 aromatic heterocycles. The van der Waals surface area contributed by atoms with Gasteiger partial charge < -0.3 is 4.74 Å². The molecule has 1 unspecified atom stereocenters. The van der Waals surface area contributed by atoms with Crippen LogP contribution in [0.1, 0.15) is 41.0 Å². The van der Waals surface area contributed by atoms with E-state index in [0.717, 1.165) is 4.91 Å². The van der Waals surface area contributed by atoms with Crippen molar-refractivity contribution in [3.63, 3.8) is 0 Å². The Labute approximate surface area is 175 Å². The van der Waals surface area contributed by atoms with Gasteiger partial charge in [0.2, 0.25) is 10.0 Å². The third kappa shape index (κ3) is 14.3. The van der Waals surface area contributed by atoms with Crippen molar-refractivity contribution in [3.05, 3.63) is 47.8 Å². The van der Waals surface area contributed by atoms with Gasteiger partial charge in [0.15, 0.2) is 0 Å². The molecule has 0 aliphatic rings. The van der Waals surface area contributed by atoms with Crippen LogP contribution in [0.25, 0.3) is 0 Å². The van der Waals surface area contributed by atoms with Crippen LogP contribution in [0, 0.1) is 5.92 Å². The molecular formula is C20H34N2O4S2. The zero-order chi connectivity index (χ0) is 22.0. The maximum absolute atomic E-state index is 11.9. The molecule has 0 bridgehead atoms. The first-order valence-corrected chi connectivity index (χ1v) is 11.7. The van der Waals surface area contributed by atoms with Crippen LogP contribution in [0.4, 0.5) is 0 Å². The maximum Gasteiger partial charge on any atom is 0.310 e. The number of amidine groups is 1. The number of esters is 1. The Morgan fingerprint density at radius 3 is 2.43 bits per heavy atom. The van der Waals surface area contributed by atoms with E-state index in [4.69, 9.17) is 4.74 Å². The minimum atomic E-state index is -3.53. The highest BCUT2D eigenvalue weighted by Gasteiger charge is 2.15. The fraction of sp³-hybridized carbons (Fsp3) is 0.500. The summed E-state index contributed by atoms with van der Waals surface area (Å²) in [4.78, 5) is 16.9. The minimum absolute atomic E-state index is 0.0732. The van der Waals surface area contributed by atoms with Gasteiger partial charge in [-0.1, -0.05) is 51.7 Å². The van der Waals surface area contributed by atoms with Crippen molar-refractivity contribution >= 4 is 33.6 Å². The molecule has 0 aromatic carbocycles. The predicted octanol–water partition coefficient (Wildman–Crippen LogP) is 4.44. The highest BCUT2D eigenvalue weighted by atomic mass is 32.2. The van der Waals surface area contributed by atoms with Gasteiger partial charge in [-0.3, -0.25) is 14.5 Å². The van der Waals surface area contributed by atoms with Crippen LogP contribution in [-0.2, 0) is 19.6 Å². The summed E-state index contributed by atoms with van der Waals surface area (Å²) in [5, 5.41) is 1.65. The van der Waals surface area contributed by atoms with E-state index in [1.54, 1.807) is 5.41 Å². The van der Waals surface area contributed by atoms with Crippen LogP contribution in [0.3, 0.4) is 0 Å². The van der Waals surface area contributed by atoms with Crippen LogP contribution in [-0.4, -0.2) is 39.1 Å². The summed E-state index contributed by atoms with van der Waals surface area (Å²) in [6, 6.07) is 0. The Hall–Kier alpha value is -1.80. The molecule has 0 spiro atoms. The van der Waals surface area contributed by atoms with Crippen LogP contribution >= 0.6 is 11.8 Å². The Bertz CT molecular complexity index is 666. The van der Waals surface area contributed by atoms with E-state index in [0.29, 0.717) is 5.84 Å². The molecule has 0 saturated heterocycles. The van der Waals surface area contributed by atoms with E-state index < -0.39 is 10.0 Å². The molecule has 0 radical (unpaired) electrons. The number of carbonyl (C=O) groups excluding carboxylic acids is 1. The van der Waals surface area contributed by atoms with Gasteiger partial charge in [0.05, 0.1) is 18.7 Å². The molecule has 28 heavy (non-hydrogen) atoms. The second kappa shape index (κ2) is 17.3. The summed E-state index contributed by atoms with van der Waals surface area (Å²) in [6.07, 6.45) is 6.95. The average Bonchev–Trinajstić information content (AvgIpc) is 2.65. The van der Waals surface area contributed by atoms with E-state index in [1.165, 1.54) is 17.8 Å². The van der Waals surface area contributed by atoms with Crippen molar-refractivity contribution in [2.24, 2.45) is 10.9 Å². The number of nitrogens with zero attached hydrogens (tertiary/aromatic N) is 1. The highest BCUT2D eigenvalue weighted by molar-refractivity contribution is 8.05. The fourth-order valence-corrected chi connectivity index (χ4v) is 3.36. The quantitative estimate of drug-likeness (QED) is 0.163. The minimum Gasteiger partial charge on any atom is -0.463 e. The van der Waals surface area contributed by atoms with Crippen LogP contribution < -0.4 is 4.72 Å². The zero-order valence-corrected chi connectivity index (χ0v) is 19.2. The number of rotatable bonds is 12. The molecule has 8 heteroatoms. The van der Waals surface area contributed by atoms with Crippen molar-refractivity contribution in [3.8, 4) is 0 Å². The lowest BCUT2D eigenvalue weighted by Crippen LogP contribution is -2.36. The van der Waals surface area contributed by atoms with E-state index in [1.807, 2.05) is 52.8 Å². The Balaban J connectivity index is 0. The number of ether oxygens (including phenoxy) is 1. The molecule has 0 aliphatic carbocycles. The Morgan fingerprint density at radius 1 is 1.29 bits per heavy atom. The van der Waals surface area contributed by atoms with Gasteiger partial charge in [-0.05, 0) is 24.2 Å². The van der Waals surface area contributed by atoms with Gasteiger partial charge in [0.1, 0.15) is 12.4 Å². The molecule has 0 fully saturated rings. The van der Waals surface area contributed by atoms with Gasteiger partial charge >= 0.3 is 5.97 Å². The maximum atomic E-state index is 11.9. The predicted molar refractivity (Wildman–Crippen MR) is 122 cm³/mol. The number of thioether (sulfide) groups is 1. The van der Waals surface area contributed by atoms with Gasteiger partial charge in [-0.15, -0.1) is 18.3 Å². The van der Waals surface area contributed by atoms with Crippen molar-refractivity contribution < 1.29 is 17.9 Å².